The predicted octanol–water partition coefficient (Wildman–Crippen LogP) is 5.28. The van der Waals surface area contributed by atoms with Crippen molar-refractivity contribution in [3.8, 4) is 0 Å². The van der Waals surface area contributed by atoms with Crippen LogP contribution in [0.15, 0.2) is 32.5 Å². The van der Waals surface area contributed by atoms with E-state index in [2.05, 4.69) is 44.8 Å². The summed E-state index contributed by atoms with van der Waals surface area (Å²) < 4.78 is 2.00. The molecule has 0 radical (unpaired) electrons. The minimum atomic E-state index is -0.128. The molecule has 2 aromatic rings. The molecular weight excluding hydrogens is 385 g/mol. The van der Waals surface area contributed by atoms with Crippen molar-refractivity contribution in [1.82, 2.24) is 0 Å². The lowest BCUT2D eigenvalue weighted by Crippen LogP contribution is -2.11. The van der Waals surface area contributed by atoms with E-state index in [-0.39, 0.29) is 6.04 Å². The molecule has 0 amide bonds. The van der Waals surface area contributed by atoms with Crippen LogP contribution < -0.4 is 5.73 Å². The van der Waals surface area contributed by atoms with Gasteiger partial charge in [-0.1, -0.05) is 33.6 Å². The van der Waals surface area contributed by atoms with Gasteiger partial charge in [0.1, 0.15) is 0 Å². The smallest absolute Gasteiger partial charge is 0.0888 e. The third-order valence-corrected chi connectivity index (χ3v) is 5.59. The highest BCUT2D eigenvalue weighted by Crippen LogP contribution is 2.37. The van der Waals surface area contributed by atoms with Crippen molar-refractivity contribution in [2.45, 2.75) is 13.0 Å². The van der Waals surface area contributed by atoms with Crippen molar-refractivity contribution < 1.29 is 0 Å². The van der Waals surface area contributed by atoms with Crippen LogP contribution in [-0.2, 0) is 0 Å². The second-order valence-corrected chi connectivity index (χ2v) is 7.47. The van der Waals surface area contributed by atoms with Crippen LogP contribution in [0.25, 0.3) is 0 Å². The highest BCUT2D eigenvalue weighted by Gasteiger charge is 2.15. The third-order valence-electron chi connectivity index (χ3n) is 2.54. The van der Waals surface area contributed by atoms with Gasteiger partial charge in [0, 0.05) is 9.35 Å². The largest absolute Gasteiger partial charge is 0.320 e. The number of halogens is 3. The Morgan fingerprint density at radius 1 is 1.29 bits per heavy atom. The van der Waals surface area contributed by atoms with Crippen molar-refractivity contribution in [3.63, 3.8) is 0 Å². The zero-order valence-electron chi connectivity index (χ0n) is 9.01. The van der Waals surface area contributed by atoms with Gasteiger partial charge in [0.2, 0.25) is 0 Å². The van der Waals surface area contributed by atoms with Gasteiger partial charge in [-0.05, 0) is 52.2 Å². The maximum Gasteiger partial charge on any atom is 0.0888 e. The highest BCUT2D eigenvalue weighted by atomic mass is 79.9. The lowest BCUT2D eigenvalue weighted by atomic mass is 10.0. The predicted molar refractivity (Wildman–Crippen MR) is 81.9 cm³/mol. The van der Waals surface area contributed by atoms with Gasteiger partial charge < -0.3 is 5.73 Å². The molecule has 1 aromatic heterocycles. The number of benzene rings is 1. The Morgan fingerprint density at radius 2 is 2.00 bits per heavy atom. The minimum absolute atomic E-state index is 0.128. The zero-order valence-corrected chi connectivity index (χ0v) is 13.8. The standard InChI is InChI=1S/C12H10Br2ClNS/c1-6-4-7(13)2-3-8(6)11(16)10-5-9(15)12(14)17-10/h2-5,11H,16H2,1H3. The summed E-state index contributed by atoms with van der Waals surface area (Å²) >= 11 is 14.5. The van der Waals surface area contributed by atoms with E-state index in [9.17, 15) is 0 Å². The molecule has 90 valence electrons. The Kier molecular flexibility index (Phi) is 4.31. The molecule has 0 saturated carbocycles. The molecule has 0 fully saturated rings. The van der Waals surface area contributed by atoms with Crippen LogP contribution in [0, 0.1) is 6.92 Å². The number of nitrogens with two attached hydrogens (primary N) is 1. The molecule has 0 saturated heterocycles. The van der Waals surface area contributed by atoms with E-state index in [0.29, 0.717) is 0 Å². The van der Waals surface area contributed by atoms with E-state index in [4.69, 9.17) is 17.3 Å². The molecule has 5 heteroatoms. The maximum absolute atomic E-state index is 6.27. The van der Waals surface area contributed by atoms with Gasteiger partial charge >= 0.3 is 0 Å². The second-order valence-electron chi connectivity index (χ2n) is 3.75. The molecule has 1 unspecified atom stereocenters. The van der Waals surface area contributed by atoms with Crippen molar-refractivity contribution in [2.24, 2.45) is 5.73 Å². The molecule has 1 aromatic carbocycles. The molecule has 2 rings (SSSR count). The van der Waals surface area contributed by atoms with Crippen LogP contribution in [0.1, 0.15) is 22.0 Å². The van der Waals surface area contributed by atoms with E-state index < -0.39 is 0 Å². The average molecular weight is 396 g/mol. The first-order valence-electron chi connectivity index (χ1n) is 4.95. The number of aryl methyl sites for hydroxylation is 1. The van der Waals surface area contributed by atoms with Crippen LogP contribution >= 0.6 is 54.8 Å². The van der Waals surface area contributed by atoms with E-state index >= 15 is 0 Å². The van der Waals surface area contributed by atoms with Crippen LogP contribution in [0.3, 0.4) is 0 Å². The van der Waals surface area contributed by atoms with Crippen LogP contribution in [-0.4, -0.2) is 0 Å². The molecule has 0 bridgehead atoms. The minimum Gasteiger partial charge on any atom is -0.320 e. The first kappa shape index (κ1) is 13.6. The Hall–Kier alpha value is 0.130. The highest BCUT2D eigenvalue weighted by molar-refractivity contribution is 9.11. The molecule has 1 atom stereocenters. The molecule has 0 aliphatic rings. The fourth-order valence-electron chi connectivity index (χ4n) is 1.66. The molecule has 1 heterocycles. The van der Waals surface area contributed by atoms with Crippen molar-refractivity contribution >= 4 is 54.8 Å². The van der Waals surface area contributed by atoms with Gasteiger partial charge in [0.05, 0.1) is 14.9 Å². The Balaban J connectivity index is 2.39. The summed E-state index contributed by atoms with van der Waals surface area (Å²) in [6.45, 7) is 2.06. The van der Waals surface area contributed by atoms with Gasteiger partial charge in [-0.25, -0.2) is 0 Å². The summed E-state index contributed by atoms with van der Waals surface area (Å²) in [4.78, 5) is 1.06. The van der Waals surface area contributed by atoms with Crippen LogP contribution in [0.5, 0.6) is 0 Å². The van der Waals surface area contributed by atoms with Gasteiger partial charge in [0.15, 0.2) is 0 Å². The number of rotatable bonds is 2. The van der Waals surface area contributed by atoms with Gasteiger partial charge in [-0.3, -0.25) is 0 Å². The number of hydrogen-bond acceptors (Lipinski definition) is 2. The Bertz CT molecular complexity index is 534. The topological polar surface area (TPSA) is 26.0 Å². The van der Waals surface area contributed by atoms with Gasteiger partial charge in [0.25, 0.3) is 0 Å². The third kappa shape index (κ3) is 2.93. The summed E-state index contributed by atoms with van der Waals surface area (Å²) in [5.74, 6) is 0. The lowest BCUT2D eigenvalue weighted by molar-refractivity contribution is 0.882. The summed E-state index contributed by atoms with van der Waals surface area (Å²) in [5, 5.41) is 0.718. The Morgan fingerprint density at radius 3 is 2.53 bits per heavy atom. The first-order chi connectivity index (χ1) is 7.99. The summed E-state index contributed by atoms with van der Waals surface area (Å²) in [6.07, 6.45) is 0. The van der Waals surface area contributed by atoms with Crippen molar-refractivity contribution in [3.05, 3.63) is 53.6 Å². The maximum atomic E-state index is 6.27. The molecule has 0 aliphatic heterocycles. The summed E-state index contributed by atoms with van der Waals surface area (Å²) in [5.41, 5.74) is 8.56. The summed E-state index contributed by atoms with van der Waals surface area (Å²) in [6, 6.07) is 7.91. The van der Waals surface area contributed by atoms with E-state index in [0.717, 1.165) is 23.7 Å². The Labute approximate surface area is 126 Å². The monoisotopic (exact) mass is 393 g/mol. The molecule has 2 N–H and O–H groups in total. The van der Waals surface area contributed by atoms with E-state index in [1.54, 1.807) is 11.3 Å². The van der Waals surface area contributed by atoms with E-state index in [1.165, 1.54) is 5.56 Å². The van der Waals surface area contributed by atoms with Crippen molar-refractivity contribution in [1.29, 1.82) is 0 Å². The van der Waals surface area contributed by atoms with Crippen molar-refractivity contribution in [2.75, 3.05) is 0 Å². The zero-order chi connectivity index (χ0) is 12.6. The fraction of sp³-hybridized carbons (Fsp3) is 0.167. The van der Waals surface area contributed by atoms with Gasteiger partial charge in [-0.15, -0.1) is 11.3 Å². The first-order valence-corrected chi connectivity index (χ1v) is 7.73. The SMILES string of the molecule is Cc1cc(Br)ccc1C(N)c1cc(Cl)c(Br)s1. The van der Waals surface area contributed by atoms with Crippen LogP contribution in [0.4, 0.5) is 0 Å². The molecule has 1 nitrogen and oxygen atoms in total. The van der Waals surface area contributed by atoms with Crippen LogP contribution in [0.2, 0.25) is 5.02 Å². The van der Waals surface area contributed by atoms with E-state index in [1.807, 2.05) is 18.2 Å². The molecule has 0 aliphatic carbocycles. The quantitative estimate of drug-likeness (QED) is 0.735. The average Bonchev–Trinajstić information content (AvgIpc) is 2.58. The molecule has 0 spiro atoms. The fourth-order valence-corrected chi connectivity index (χ4v) is 3.90. The molecular formula is C12H10Br2ClNS. The number of thiophene rings is 1. The summed E-state index contributed by atoms with van der Waals surface area (Å²) in [7, 11) is 0. The second kappa shape index (κ2) is 5.41. The molecule has 17 heavy (non-hydrogen) atoms. The number of hydrogen-bond donors (Lipinski definition) is 1. The normalized spacial score (nSPS) is 12.8. The van der Waals surface area contributed by atoms with Gasteiger partial charge in [-0.2, -0.15) is 0 Å². The lowest BCUT2D eigenvalue weighted by Gasteiger charge is -2.13.